The van der Waals surface area contributed by atoms with Crippen molar-refractivity contribution >= 4 is 11.8 Å². The highest BCUT2D eigenvalue weighted by atomic mass is 16.2. The lowest BCUT2D eigenvalue weighted by atomic mass is 9.95. The maximum atomic E-state index is 12.0. The number of nitriles is 1. The van der Waals surface area contributed by atoms with E-state index in [0.717, 1.165) is 38.8 Å². The van der Waals surface area contributed by atoms with E-state index in [-0.39, 0.29) is 6.03 Å². The van der Waals surface area contributed by atoms with E-state index in [4.69, 9.17) is 5.26 Å². The van der Waals surface area contributed by atoms with E-state index in [2.05, 4.69) is 31.6 Å². The maximum Gasteiger partial charge on any atom is 0.315 e. The normalized spacial score (nSPS) is 19.2. The second-order valence-electron chi connectivity index (χ2n) is 6.96. The number of amides is 2. The highest BCUT2D eigenvalue weighted by molar-refractivity contribution is 5.74. The van der Waals surface area contributed by atoms with Crippen LogP contribution in [0.2, 0.25) is 0 Å². The van der Waals surface area contributed by atoms with Gasteiger partial charge in [0.1, 0.15) is 6.07 Å². The molecule has 1 aliphatic carbocycles. The summed E-state index contributed by atoms with van der Waals surface area (Å²) in [5.41, 5.74) is 0.380. The molecule has 1 aromatic heterocycles. The number of hydrogen-bond acceptors (Lipinski definition) is 5. The summed E-state index contributed by atoms with van der Waals surface area (Å²) in [4.78, 5) is 22.5. The van der Waals surface area contributed by atoms with Crippen LogP contribution in [0.25, 0.3) is 0 Å². The summed E-state index contributed by atoms with van der Waals surface area (Å²) in [5.74, 6) is 1.14. The Labute approximate surface area is 148 Å². The molecule has 7 nitrogen and oxygen atoms in total. The molecular formula is C18H26N6O. The zero-order chi connectivity index (χ0) is 17.5. The number of carbonyl (C=O) groups excluding carboxylic acids is 1. The highest BCUT2D eigenvalue weighted by Gasteiger charge is 2.23. The number of rotatable bonds is 4. The Morgan fingerprint density at radius 3 is 2.60 bits per heavy atom. The Morgan fingerprint density at radius 1 is 1.16 bits per heavy atom. The van der Waals surface area contributed by atoms with Crippen LogP contribution in [-0.2, 0) is 0 Å². The fraction of sp³-hybridized carbons (Fsp3) is 0.667. The van der Waals surface area contributed by atoms with Crippen molar-refractivity contribution in [3.63, 3.8) is 0 Å². The third kappa shape index (κ3) is 4.81. The van der Waals surface area contributed by atoms with E-state index in [0.29, 0.717) is 30.0 Å². The second-order valence-corrected chi connectivity index (χ2v) is 6.96. The van der Waals surface area contributed by atoms with Gasteiger partial charge in [0.25, 0.3) is 0 Å². The van der Waals surface area contributed by atoms with Crippen molar-refractivity contribution in [3.8, 4) is 6.07 Å². The molecule has 2 amide bonds. The lowest BCUT2D eigenvalue weighted by Crippen LogP contribution is -2.45. The van der Waals surface area contributed by atoms with Gasteiger partial charge >= 0.3 is 6.03 Å². The molecule has 2 fully saturated rings. The lowest BCUT2D eigenvalue weighted by molar-refractivity contribution is 0.229. The summed E-state index contributed by atoms with van der Waals surface area (Å²) >= 11 is 0. The van der Waals surface area contributed by atoms with Crippen LogP contribution in [0.4, 0.5) is 10.6 Å². The first kappa shape index (κ1) is 17.5. The van der Waals surface area contributed by atoms with Crippen molar-refractivity contribution in [2.45, 2.75) is 51.0 Å². The van der Waals surface area contributed by atoms with Crippen LogP contribution in [0, 0.1) is 17.2 Å². The van der Waals surface area contributed by atoms with Gasteiger partial charge in [0.15, 0.2) is 11.5 Å². The third-order valence-electron chi connectivity index (χ3n) is 5.19. The van der Waals surface area contributed by atoms with Gasteiger partial charge in [-0.2, -0.15) is 5.26 Å². The number of anilines is 1. The number of carbonyl (C=O) groups is 1. The highest BCUT2D eigenvalue weighted by Crippen LogP contribution is 2.23. The predicted octanol–water partition coefficient (Wildman–Crippen LogP) is 2.20. The van der Waals surface area contributed by atoms with E-state index < -0.39 is 0 Å². The first-order chi connectivity index (χ1) is 12.3. The van der Waals surface area contributed by atoms with Gasteiger partial charge in [0, 0.05) is 38.1 Å². The smallest absolute Gasteiger partial charge is 0.315 e. The molecule has 2 heterocycles. The molecule has 0 radical (unpaired) electrons. The number of hydrogen-bond donors (Lipinski definition) is 2. The molecule has 1 saturated carbocycles. The Balaban J connectivity index is 1.40. The second kappa shape index (κ2) is 8.65. The number of urea groups is 1. The van der Waals surface area contributed by atoms with Gasteiger partial charge in [-0.15, -0.1) is 0 Å². The van der Waals surface area contributed by atoms with Gasteiger partial charge in [-0.3, -0.25) is 0 Å². The lowest BCUT2D eigenvalue weighted by Gasteiger charge is -2.33. The Bertz CT molecular complexity index is 614. The minimum Gasteiger partial charge on any atom is -0.354 e. The summed E-state index contributed by atoms with van der Waals surface area (Å²) < 4.78 is 0. The van der Waals surface area contributed by atoms with Crippen LogP contribution in [0.15, 0.2) is 12.4 Å². The van der Waals surface area contributed by atoms with E-state index >= 15 is 0 Å². The van der Waals surface area contributed by atoms with E-state index in [9.17, 15) is 4.79 Å². The van der Waals surface area contributed by atoms with Crippen LogP contribution in [0.5, 0.6) is 0 Å². The fourth-order valence-electron chi connectivity index (χ4n) is 3.71. The number of nitrogens with zero attached hydrogens (tertiary/aromatic N) is 4. The van der Waals surface area contributed by atoms with Crippen molar-refractivity contribution in [3.05, 3.63) is 18.1 Å². The van der Waals surface area contributed by atoms with Crippen LogP contribution in [-0.4, -0.2) is 41.7 Å². The minimum atomic E-state index is -0.0324. The molecule has 2 aliphatic rings. The van der Waals surface area contributed by atoms with E-state index in [1.165, 1.54) is 19.3 Å². The SMILES string of the molecule is N#Cc1nccnc1N1CCC(CNC(=O)NC2CCCCC2)CC1. The zero-order valence-corrected chi connectivity index (χ0v) is 14.6. The number of nitrogens with one attached hydrogen (secondary N) is 2. The molecule has 0 bridgehead atoms. The third-order valence-corrected chi connectivity index (χ3v) is 5.19. The monoisotopic (exact) mass is 342 g/mol. The average molecular weight is 342 g/mol. The Kier molecular flexibility index (Phi) is 6.04. The molecular weight excluding hydrogens is 316 g/mol. The van der Waals surface area contributed by atoms with Crippen molar-refractivity contribution < 1.29 is 4.79 Å². The van der Waals surface area contributed by atoms with Crippen LogP contribution in [0.3, 0.4) is 0 Å². The zero-order valence-electron chi connectivity index (χ0n) is 14.6. The molecule has 1 saturated heterocycles. The van der Waals surface area contributed by atoms with Gasteiger partial charge < -0.3 is 15.5 Å². The summed E-state index contributed by atoms with van der Waals surface area (Å²) in [6.07, 6.45) is 11.1. The molecule has 25 heavy (non-hydrogen) atoms. The van der Waals surface area contributed by atoms with Gasteiger partial charge in [0.2, 0.25) is 0 Å². The largest absolute Gasteiger partial charge is 0.354 e. The summed E-state index contributed by atoms with van der Waals surface area (Å²) in [6.45, 7) is 2.38. The predicted molar refractivity (Wildman–Crippen MR) is 95.1 cm³/mol. The Morgan fingerprint density at radius 2 is 1.88 bits per heavy atom. The topological polar surface area (TPSA) is 93.9 Å². The molecule has 1 aromatic rings. The van der Waals surface area contributed by atoms with E-state index in [1.807, 2.05) is 0 Å². The molecule has 0 spiro atoms. The van der Waals surface area contributed by atoms with Gasteiger partial charge in [-0.25, -0.2) is 14.8 Å². The van der Waals surface area contributed by atoms with Crippen molar-refractivity contribution in [2.24, 2.45) is 5.92 Å². The van der Waals surface area contributed by atoms with Crippen molar-refractivity contribution in [1.82, 2.24) is 20.6 Å². The standard InChI is InChI=1S/C18H26N6O/c19-12-16-17(21-9-8-20-16)24-10-6-14(7-11-24)13-22-18(25)23-15-4-2-1-3-5-15/h8-9,14-15H,1-7,10-11,13H2,(H2,22,23,25). The molecule has 2 N–H and O–H groups in total. The van der Waals surface area contributed by atoms with Gasteiger partial charge in [-0.1, -0.05) is 19.3 Å². The molecule has 0 unspecified atom stereocenters. The van der Waals surface area contributed by atoms with Crippen LogP contribution >= 0.6 is 0 Å². The van der Waals surface area contributed by atoms with Crippen molar-refractivity contribution in [1.29, 1.82) is 5.26 Å². The summed E-state index contributed by atoms with van der Waals surface area (Å²) in [5, 5.41) is 15.3. The molecule has 134 valence electrons. The first-order valence-electron chi connectivity index (χ1n) is 9.26. The van der Waals surface area contributed by atoms with Crippen molar-refractivity contribution in [2.75, 3.05) is 24.5 Å². The quantitative estimate of drug-likeness (QED) is 0.875. The van der Waals surface area contributed by atoms with Crippen LogP contribution < -0.4 is 15.5 Å². The van der Waals surface area contributed by atoms with Gasteiger partial charge in [-0.05, 0) is 31.6 Å². The molecule has 1 aliphatic heterocycles. The first-order valence-corrected chi connectivity index (χ1v) is 9.26. The number of aromatic nitrogens is 2. The maximum absolute atomic E-state index is 12.0. The van der Waals surface area contributed by atoms with Gasteiger partial charge in [0.05, 0.1) is 0 Å². The fourth-order valence-corrected chi connectivity index (χ4v) is 3.71. The molecule has 3 rings (SSSR count). The summed E-state index contributed by atoms with van der Waals surface area (Å²) in [6, 6.07) is 2.41. The summed E-state index contributed by atoms with van der Waals surface area (Å²) in [7, 11) is 0. The Hall–Kier alpha value is -2.36. The van der Waals surface area contributed by atoms with Crippen LogP contribution in [0.1, 0.15) is 50.6 Å². The average Bonchev–Trinajstić information content (AvgIpc) is 2.67. The number of piperidine rings is 1. The molecule has 7 heteroatoms. The molecule has 0 aromatic carbocycles. The minimum absolute atomic E-state index is 0.0324. The molecule has 0 atom stereocenters. The van der Waals surface area contributed by atoms with E-state index in [1.54, 1.807) is 12.4 Å².